The van der Waals surface area contributed by atoms with E-state index < -0.39 is 17.7 Å². The monoisotopic (exact) mass is 391 g/mol. The van der Waals surface area contributed by atoms with Gasteiger partial charge in [-0.15, -0.1) is 0 Å². The van der Waals surface area contributed by atoms with E-state index in [4.69, 9.17) is 13.0 Å². The molecule has 1 aromatic carbocycles. The molecule has 0 fully saturated rings. The van der Waals surface area contributed by atoms with Gasteiger partial charge in [-0.05, 0) is 23.6 Å². The van der Waals surface area contributed by atoms with Crippen LogP contribution in [0.2, 0.25) is 0 Å². The largest absolute Gasteiger partial charge is 0.486 e. The second kappa shape index (κ2) is 7.61. The fourth-order valence-electron chi connectivity index (χ4n) is 2.10. The summed E-state index contributed by atoms with van der Waals surface area (Å²) in [7, 11) is -1.74. The zero-order valence-electron chi connectivity index (χ0n) is 12.8. The van der Waals surface area contributed by atoms with Crippen LogP contribution in [0.15, 0.2) is 52.1 Å². The van der Waals surface area contributed by atoms with Crippen LogP contribution in [0.25, 0.3) is 0 Å². The lowest BCUT2D eigenvalue weighted by Crippen LogP contribution is -2.23. The maximum atomic E-state index is 12.5. The lowest BCUT2D eigenvalue weighted by molar-refractivity contribution is 0.220. The molecule has 2 heterocycles. The molecule has 0 N–H and O–H groups in total. The SMILES string of the molecule is COP(=O)(OC)OS1=S(c2ccccc2)CCN1c1ccsc1. The van der Waals surface area contributed by atoms with Gasteiger partial charge in [0.1, 0.15) is 0 Å². The topological polar surface area (TPSA) is 48.0 Å². The van der Waals surface area contributed by atoms with Crippen LogP contribution in [-0.4, -0.2) is 26.5 Å². The summed E-state index contributed by atoms with van der Waals surface area (Å²) in [5.41, 5.74) is 1.09. The van der Waals surface area contributed by atoms with Crippen LogP contribution in [-0.2, 0) is 37.0 Å². The number of rotatable bonds is 6. The summed E-state index contributed by atoms with van der Waals surface area (Å²) in [6.07, 6.45) is 0. The summed E-state index contributed by atoms with van der Waals surface area (Å²) in [4.78, 5) is 1.20. The molecule has 0 aliphatic carbocycles. The number of benzene rings is 1. The van der Waals surface area contributed by atoms with Crippen LogP contribution in [0.1, 0.15) is 0 Å². The van der Waals surface area contributed by atoms with Crippen molar-refractivity contribution in [3.05, 3.63) is 47.2 Å². The Morgan fingerprint density at radius 2 is 1.91 bits per heavy atom. The van der Waals surface area contributed by atoms with Gasteiger partial charge in [0.2, 0.25) is 0 Å². The molecule has 0 spiro atoms. The van der Waals surface area contributed by atoms with Gasteiger partial charge in [0.15, 0.2) is 0 Å². The van der Waals surface area contributed by atoms with E-state index >= 15 is 0 Å². The summed E-state index contributed by atoms with van der Waals surface area (Å²) in [6.45, 7) is 0.852. The average Bonchev–Trinajstić information content (AvgIpc) is 3.25. The van der Waals surface area contributed by atoms with Gasteiger partial charge in [0, 0.05) is 36.8 Å². The minimum atomic E-state index is -3.55. The second-order valence-corrected chi connectivity index (χ2v) is 12.1. The highest BCUT2D eigenvalue weighted by atomic mass is 32.9. The summed E-state index contributed by atoms with van der Waals surface area (Å²) in [5, 5.41) is 4.10. The third-order valence-corrected chi connectivity index (χ3v) is 11.7. The van der Waals surface area contributed by atoms with E-state index in [0.29, 0.717) is 0 Å². The fraction of sp³-hybridized carbons (Fsp3) is 0.286. The average molecular weight is 391 g/mol. The van der Waals surface area contributed by atoms with Crippen LogP contribution in [0.3, 0.4) is 0 Å². The van der Waals surface area contributed by atoms with E-state index in [2.05, 4.69) is 27.9 Å². The molecule has 9 heteroatoms. The molecule has 1 aliphatic rings. The van der Waals surface area contributed by atoms with Gasteiger partial charge in [0.25, 0.3) is 0 Å². The predicted octanol–water partition coefficient (Wildman–Crippen LogP) is 4.03. The van der Waals surface area contributed by atoms with Crippen LogP contribution < -0.4 is 4.31 Å². The second-order valence-electron chi connectivity index (χ2n) is 4.55. The highest BCUT2D eigenvalue weighted by Crippen LogP contribution is 2.50. The molecule has 3 rings (SSSR count). The molecule has 1 aliphatic heterocycles. The quantitative estimate of drug-likeness (QED) is 0.696. The number of nitrogens with zero attached hydrogens (tertiary/aromatic N) is 1. The molecule has 1 aromatic heterocycles. The maximum absolute atomic E-state index is 12.5. The van der Waals surface area contributed by atoms with Crippen LogP contribution in [0.4, 0.5) is 5.69 Å². The van der Waals surface area contributed by atoms with Crippen molar-refractivity contribution in [1.29, 1.82) is 0 Å². The predicted molar refractivity (Wildman–Crippen MR) is 98.7 cm³/mol. The van der Waals surface area contributed by atoms with Gasteiger partial charge < -0.3 is 0 Å². The first-order chi connectivity index (χ1) is 11.2. The van der Waals surface area contributed by atoms with Crippen molar-refractivity contribution in [2.24, 2.45) is 0 Å². The lowest BCUT2D eigenvalue weighted by Gasteiger charge is -2.23. The fourth-order valence-corrected chi connectivity index (χ4v) is 10.8. The molecule has 5 nitrogen and oxygen atoms in total. The Balaban J connectivity index is 2.04. The van der Waals surface area contributed by atoms with Gasteiger partial charge in [0.05, 0.1) is 15.6 Å². The van der Waals surface area contributed by atoms with Crippen molar-refractivity contribution in [3.63, 3.8) is 0 Å². The van der Waals surface area contributed by atoms with Crippen LogP contribution >= 0.6 is 19.2 Å². The third kappa shape index (κ3) is 3.79. The first kappa shape index (κ1) is 17.4. The molecule has 2 aromatic rings. The molecule has 0 saturated heterocycles. The molecule has 0 radical (unpaired) electrons. The molecule has 23 heavy (non-hydrogen) atoms. The Hall–Kier alpha value is -0.470. The zero-order chi connectivity index (χ0) is 16.3. The Morgan fingerprint density at radius 1 is 1.17 bits per heavy atom. The van der Waals surface area contributed by atoms with Crippen LogP contribution in [0.5, 0.6) is 0 Å². The molecule has 2 atom stereocenters. The molecular weight excluding hydrogens is 373 g/mol. The Kier molecular flexibility index (Phi) is 5.74. The van der Waals surface area contributed by atoms with Crippen molar-refractivity contribution < 1.29 is 17.6 Å². The number of phosphoric ester groups is 1. The summed E-state index contributed by atoms with van der Waals surface area (Å²) < 4.78 is 30.6. The minimum absolute atomic E-state index is 0.189. The minimum Gasteiger partial charge on any atom is -0.294 e. The summed E-state index contributed by atoms with van der Waals surface area (Å²) in [5.74, 6) is 0.955. The van der Waals surface area contributed by atoms with Crippen LogP contribution in [0, 0.1) is 0 Å². The lowest BCUT2D eigenvalue weighted by atomic mass is 10.4. The standard InChI is InChI=1S/C14H18NO4PS3/c1-17-20(16,18-2)19-23-15(13-8-10-21-12-13)9-11-22(23)14-6-4-3-5-7-14/h3-8,10,12H,9,11H2,1-2H3. The van der Waals surface area contributed by atoms with Gasteiger partial charge in [-0.1, -0.05) is 27.7 Å². The number of phosphoric acid groups is 1. The van der Waals surface area contributed by atoms with Gasteiger partial charge >= 0.3 is 7.82 Å². The third-order valence-electron chi connectivity index (χ3n) is 3.23. The Bertz CT molecular complexity index is 728. The van der Waals surface area contributed by atoms with E-state index in [0.717, 1.165) is 18.0 Å². The smallest absolute Gasteiger partial charge is 0.294 e. The molecular formula is C14H18NO4PS3. The molecule has 0 amide bonds. The summed E-state index contributed by atoms with van der Waals surface area (Å²) in [6, 6.07) is 12.3. The molecule has 2 unspecified atom stereocenters. The summed E-state index contributed by atoms with van der Waals surface area (Å²) >= 11 is 1.63. The van der Waals surface area contributed by atoms with Gasteiger partial charge in [-0.2, -0.15) is 15.3 Å². The Labute approximate surface area is 144 Å². The van der Waals surface area contributed by atoms with E-state index in [-0.39, 0.29) is 9.45 Å². The van der Waals surface area contributed by atoms with Crippen molar-refractivity contribution in [2.45, 2.75) is 4.90 Å². The highest BCUT2D eigenvalue weighted by Gasteiger charge is 2.33. The number of hydrogen-bond acceptors (Lipinski definition) is 6. The number of thiophene rings is 1. The molecule has 126 valence electrons. The van der Waals surface area contributed by atoms with Gasteiger partial charge in [-0.25, -0.2) is 4.57 Å². The van der Waals surface area contributed by atoms with Crippen molar-refractivity contribution in [1.82, 2.24) is 0 Å². The van der Waals surface area contributed by atoms with Crippen molar-refractivity contribution >= 4 is 44.2 Å². The number of hydrogen-bond donors (Lipinski definition) is 0. The van der Waals surface area contributed by atoms with Crippen molar-refractivity contribution in [2.75, 3.05) is 30.8 Å². The van der Waals surface area contributed by atoms with E-state index in [1.165, 1.54) is 19.1 Å². The highest BCUT2D eigenvalue weighted by molar-refractivity contribution is 8.44. The van der Waals surface area contributed by atoms with E-state index in [1.807, 2.05) is 23.6 Å². The first-order valence-corrected chi connectivity index (χ1v) is 12.3. The van der Waals surface area contributed by atoms with E-state index in [9.17, 15) is 4.57 Å². The normalized spacial score (nSPS) is 21.7. The molecule has 0 bridgehead atoms. The van der Waals surface area contributed by atoms with E-state index in [1.54, 1.807) is 11.3 Å². The first-order valence-electron chi connectivity index (χ1n) is 6.89. The maximum Gasteiger partial charge on any atom is 0.486 e. The van der Waals surface area contributed by atoms with Crippen molar-refractivity contribution in [3.8, 4) is 0 Å². The Morgan fingerprint density at radius 3 is 2.52 bits per heavy atom. The van der Waals surface area contributed by atoms with Gasteiger partial charge in [-0.3, -0.25) is 13.4 Å². The number of anilines is 1. The molecule has 0 saturated carbocycles. The zero-order valence-corrected chi connectivity index (χ0v) is 16.1.